The molecule has 0 aliphatic carbocycles. The van der Waals surface area contributed by atoms with Crippen molar-refractivity contribution in [3.63, 3.8) is 0 Å². The lowest BCUT2D eigenvalue weighted by Crippen LogP contribution is -2.26. The third kappa shape index (κ3) is 2.96. The predicted molar refractivity (Wildman–Crippen MR) is 62.7 cm³/mol. The van der Waals surface area contributed by atoms with Crippen LogP contribution in [0.15, 0.2) is 29.0 Å². The van der Waals surface area contributed by atoms with Gasteiger partial charge in [-0.15, -0.1) is 0 Å². The monoisotopic (exact) mass is 234 g/mol. The van der Waals surface area contributed by atoms with Crippen LogP contribution in [0, 0.1) is 0 Å². The van der Waals surface area contributed by atoms with Crippen LogP contribution in [0.3, 0.4) is 0 Å². The van der Waals surface area contributed by atoms with Crippen molar-refractivity contribution in [1.82, 2.24) is 10.3 Å². The van der Waals surface area contributed by atoms with Crippen LogP contribution in [0.5, 0.6) is 0 Å². The van der Waals surface area contributed by atoms with Gasteiger partial charge in [0, 0.05) is 6.54 Å². The molecule has 1 amide bonds. The third-order valence-electron chi connectivity index (χ3n) is 2.35. The summed E-state index contributed by atoms with van der Waals surface area (Å²) in [6, 6.07) is 5.79. The van der Waals surface area contributed by atoms with E-state index in [2.05, 4.69) is 10.3 Å². The van der Waals surface area contributed by atoms with Gasteiger partial charge in [-0.3, -0.25) is 0 Å². The zero-order chi connectivity index (χ0) is 12.1. The number of alkyl carbamates (subject to hydrolysis) is 1. The van der Waals surface area contributed by atoms with Crippen LogP contribution >= 0.6 is 0 Å². The van der Waals surface area contributed by atoms with Crippen molar-refractivity contribution in [3.05, 3.63) is 30.2 Å². The molecule has 0 aliphatic heterocycles. The maximum Gasteiger partial charge on any atom is 0.407 e. The molecule has 5 nitrogen and oxygen atoms in total. The van der Waals surface area contributed by atoms with Crippen LogP contribution in [0.25, 0.3) is 11.1 Å². The van der Waals surface area contributed by atoms with E-state index < -0.39 is 0 Å². The molecular weight excluding hydrogens is 220 g/mol. The Hall–Kier alpha value is -2.04. The summed E-state index contributed by atoms with van der Waals surface area (Å²) in [5.41, 5.74) is 2.70. The number of oxazole rings is 1. The third-order valence-corrected chi connectivity index (χ3v) is 2.35. The quantitative estimate of drug-likeness (QED) is 0.880. The first-order chi connectivity index (χ1) is 8.29. The molecule has 0 unspecified atom stereocenters. The van der Waals surface area contributed by atoms with Crippen molar-refractivity contribution in [2.45, 2.75) is 13.3 Å². The van der Waals surface area contributed by atoms with Gasteiger partial charge in [0.1, 0.15) is 5.52 Å². The Morgan fingerprint density at radius 2 is 2.41 bits per heavy atom. The van der Waals surface area contributed by atoms with Gasteiger partial charge >= 0.3 is 6.09 Å². The molecule has 2 aromatic rings. The first-order valence-electron chi connectivity index (χ1n) is 5.52. The van der Waals surface area contributed by atoms with Gasteiger partial charge in [-0.05, 0) is 31.0 Å². The SMILES string of the molecule is CCOC(=O)NCCc1ccc2ocnc2c1. The van der Waals surface area contributed by atoms with Crippen molar-refractivity contribution in [3.8, 4) is 0 Å². The van der Waals surface area contributed by atoms with E-state index in [4.69, 9.17) is 9.15 Å². The summed E-state index contributed by atoms with van der Waals surface area (Å²) in [6.45, 7) is 2.71. The van der Waals surface area contributed by atoms with E-state index in [0.29, 0.717) is 13.2 Å². The molecule has 90 valence electrons. The Labute approximate surface area is 98.8 Å². The molecule has 0 fully saturated rings. The number of carbonyl (C=O) groups excluding carboxylic acids is 1. The highest BCUT2D eigenvalue weighted by molar-refractivity contribution is 5.72. The lowest BCUT2D eigenvalue weighted by atomic mass is 10.1. The van der Waals surface area contributed by atoms with Gasteiger partial charge < -0.3 is 14.5 Å². The molecule has 1 aromatic heterocycles. The maximum atomic E-state index is 11.0. The van der Waals surface area contributed by atoms with Crippen LogP contribution in [0.2, 0.25) is 0 Å². The smallest absolute Gasteiger partial charge is 0.407 e. The van der Waals surface area contributed by atoms with Gasteiger partial charge in [-0.25, -0.2) is 9.78 Å². The molecule has 1 N–H and O–H groups in total. The minimum absolute atomic E-state index is 0.380. The Morgan fingerprint density at radius 1 is 1.53 bits per heavy atom. The molecule has 5 heteroatoms. The second-order valence-electron chi connectivity index (χ2n) is 3.55. The van der Waals surface area contributed by atoms with Crippen molar-refractivity contribution in [2.24, 2.45) is 0 Å². The second kappa shape index (κ2) is 5.34. The Balaban J connectivity index is 1.88. The van der Waals surface area contributed by atoms with E-state index in [0.717, 1.165) is 23.1 Å². The van der Waals surface area contributed by atoms with Gasteiger partial charge in [0.25, 0.3) is 0 Å². The highest BCUT2D eigenvalue weighted by atomic mass is 16.5. The normalized spacial score (nSPS) is 10.4. The summed E-state index contributed by atoms with van der Waals surface area (Å²) in [5.74, 6) is 0. The number of fused-ring (bicyclic) bond motifs is 1. The van der Waals surface area contributed by atoms with Crippen LogP contribution in [-0.4, -0.2) is 24.2 Å². The van der Waals surface area contributed by atoms with Gasteiger partial charge in [0.05, 0.1) is 6.61 Å². The highest BCUT2D eigenvalue weighted by Gasteiger charge is 2.02. The molecule has 1 aromatic carbocycles. The Morgan fingerprint density at radius 3 is 3.24 bits per heavy atom. The Bertz CT molecular complexity index is 507. The Kier molecular flexibility index (Phi) is 3.59. The summed E-state index contributed by atoms with van der Waals surface area (Å²) in [6.07, 6.45) is 1.78. The molecule has 0 radical (unpaired) electrons. The molecule has 17 heavy (non-hydrogen) atoms. The molecule has 0 aliphatic rings. The number of ether oxygens (including phenoxy) is 1. The number of aromatic nitrogens is 1. The van der Waals surface area contributed by atoms with Crippen molar-refractivity contribution < 1.29 is 13.9 Å². The van der Waals surface area contributed by atoms with E-state index in [1.807, 2.05) is 18.2 Å². The number of nitrogens with one attached hydrogen (secondary N) is 1. The summed E-state index contributed by atoms with van der Waals surface area (Å²) in [7, 11) is 0. The average molecular weight is 234 g/mol. The predicted octanol–water partition coefficient (Wildman–Crippen LogP) is 2.12. The van der Waals surface area contributed by atoms with E-state index in [1.165, 1.54) is 6.39 Å². The summed E-state index contributed by atoms with van der Waals surface area (Å²) in [4.78, 5) is 15.1. The molecule has 0 saturated carbocycles. The summed E-state index contributed by atoms with van der Waals surface area (Å²) < 4.78 is 9.91. The summed E-state index contributed by atoms with van der Waals surface area (Å²) in [5, 5.41) is 2.67. The van der Waals surface area contributed by atoms with E-state index in [1.54, 1.807) is 6.92 Å². The number of carbonyl (C=O) groups is 1. The van der Waals surface area contributed by atoms with Crippen molar-refractivity contribution in [2.75, 3.05) is 13.2 Å². The lowest BCUT2D eigenvalue weighted by Gasteiger charge is -2.04. The topological polar surface area (TPSA) is 64.4 Å². The number of benzene rings is 1. The van der Waals surface area contributed by atoms with Crippen molar-refractivity contribution >= 4 is 17.2 Å². The van der Waals surface area contributed by atoms with Crippen molar-refractivity contribution in [1.29, 1.82) is 0 Å². The minimum Gasteiger partial charge on any atom is -0.450 e. The van der Waals surface area contributed by atoms with Crippen LogP contribution in [-0.2, 0) is 11.2 Å². The standard InChI is InChI=1S/C12H14N2O3/c1-2-16-12(15)13-6-5-9-3-4-11-10(7-9)14-8-17-11/h3-4,7-8H,2,5-6H2,1H3,(H,13,15). The lowest BCUT2D eigenvalue weighted by molar-refractivity contribution is 0.152. The van der Waals surface area contributed by atoms with Gasteiger partial charge in [-0.1, -0.05) is 6.07 Å². The number of amides is 1. The highest BCUT2D eigenvalue weighted by Crippen LogP contribution is 2.14. The molecule has 2 rings (SSSR count). The second-order valence-corrected chi connectivity index (χ2v) is 3.55. The number of nitrogens with zero attached hydrogens (tertiary/aromatic N) is 1. The number of hydrogen-bond donors (Lipinski definition) is 1. The van der Waals surface area contributed by atoms with Crippen LogP contribution < -0.4 is 5.32 Å². The van der Waals surface area contributed by atoms with E-state index in [9.17, 15) is 4.79 Å². The maximum absolute atomic E-state index is 11.0. The zero-order valence-corrected chi connectivity index (χ0v) is 9.60. The van der Waals surface area contributed by atoms with Gasteiger partial charge in [0.15, 0.2) is 12.0 Å². The molecular formula is C12H14N2O3. The molecule has 0 atom stereocenters. The first-order valence-corrected chi connectivity index (χ1v) is 5.52. The average Bonchev–Trinajstić information content (AvgIpc) is 2.76. The molecule has 0 bridgehead atoms. The fourth-order valence-corrected chi connectivity index (χ4v) is 1.55. The number of rotatable bonds is 4. The van der Waals surface area contributed by atoms with E-state index >= 15 is 0 Å². The molecule has 0 saturated heterocycles. The molecule has 1 heterocycles. The fraction of sp³-hybridized carbons (Fsp3) is 0.333. The molecule has 0 spiro atoms. The summed E-state index contributed by atoms with van der Waals surface area (Å²) >= 11 is 0. The zero-order valence-electron chi connectivity index (χ0n) is 9.60. The fourth-order valence-electron chi connectivity index (χ4n) is 1.55. The van der Waals surface area contributed by atoms with E-state index in [-0.39, 0.29) is 6.09 Å². The number of hydrogen-bond acceptors (Lipinski definition) is 4. The largest absolute Gasteiger partial charge is 0.450 e. The van der Waals surface area contributed by atoms with Gasteiger partial charge in [0.2, 0.25) is 0 Å². The minimum atomic E-state index is -0.380. The van der Waals surface area contributed by atoms with Gasteiger partial charge in [-0.2, -0.15) is 0 Å². The first kappa shape index (κ1) is 11.4. The van der Waals surface area contributed by atoms with Crippen LogP contribution in [0.4, 0.5) is 4.79 Å². The van der Waals surface area contributed by atoms with Crippen LogP contribution in [0.1, 0.15) is 12.5 Å².